The number of ether oxygens (including phenoxy) is 1. The van der Waals surface area contributed by atoms with Crippen LogP contribution in [-0.4, -0.2) is 47.0 Å². The van der Waals surface area contributed by atoms with Crippen molar-refractivity contribution in [3.8, 4) is 0 Å². The normalized spacial score (nSPS) is 12.4. The second-order valence-electron chi connectivity index (χ2n) is 7.26. The molecule has 10 nitrogen and oxygen atoms in total. The van der Waals surface area contributed by atoms with Crippen molar-refractivity contribution in [1.29, 1.82) is 0 Å². The average molecular weight is 455 g/mol. The van der Waals surface area contributed by atoms with Crippen molar-refractivity contribution >= 4 is 50.9 Å². The topological polar surface area (TPSA) is 156 Å². The van der Waals surface area contributed by atoms with Gasteiger partial charge in [-0.25, -0.2) is 0 Å². The highest BCUT2D eigenvalue weighted by atomic mass is 32.1. The van der Waals surface area contributed by atoms with Gasteiger partial charge in [-0.15, -0.1) is 11.3 Å². The maximum atomic E-state index is 12.3. The Bertz CT molecular complexity index is 1210. The lowest BCUT2D eigenvalue weighted by Gasteiger charge is -2.07. The molecule has 5 N–H and O–H groups in total. The van der Waals surface area contributed by atoms with Crippen LogP contribution in [0.25, 0.3) is 10.9 Å². The molecule has 0 unspecified atom stereocenters. The number of rotatable bonds is 8. The maximum Gasteiger partial charge on any atom is 0.308 e. The first-order chi connectivity index (χ1) is 15.4. The number of nitrogens with two attached hydrogens (primary N) is 1. The molecule has 166 valence electrons. The monoisotopic (exact) mass is 455 g/mol. The second-order valence-corrected chi connectivity index (χ2v) is 8.36. The molecular formula is C21H21N5O5S. The average Bonchev–Trinajstić information content (AvgIpc) is 3.46. The summed E-state index contributed by atoms with van der Waals surface area (Å²) in [5, 5.41) is 13.0. The molecule has 0 fully saturated rings. The minimum absolute atomic E-state index is 0.0317. The zero-order chi connectivity index (χ0) is 22.7. The van der Waals surface area contributed by atoms with Gasteiger partial charge in [-0.2, -0.15) is 5.10 Å². The standard InChI is InChI=1S/C21H21N5O5S/c22-19(29)17-12-5-3-7-14(12)32-21(17)24-15(27)10-31-16(28)8-9-23-20(30)18-11-4-1-2-6-13(11)25-26-18/h1-2,4,6H,3,5,7-10H2,(H2,22,29)(H,23,30)(H,24,27)(H,25,26). The van der Waals surface area contributed by atoms with Gasteiger partial charge < -0.3 is 21.1 Å². The molecule has 0 saturated carbocycles. The molecule has 2 heterocycles. The fourth-order valence-electron chi connectivity index (χ4n) is 3.63. The van der Waals surface area contributed by atoms with Gasteiger partial charge in [0.2, 0.25) is 0 Å². The van der Waals surface area contributed by atoms with Crippen molar-refractivity contribution in [1.82, 2.24) is 15.5 Å². The Labute approximate surface area is 186 Å². The largest absolute Gasteiger partial charge is 0.456 e. The maximum absolute atomic E-state index is 12.3. The summed E-state index contributed by atoms with van der Waals surface area (Å²) in [5.74, 6) is -2.21. The van der Waals surface area contributed by atoms with Gasteiger partial charge in [0, 0.05) is 16.8 Å². The Balaban J connectivity index is 1.23. The number of carbonyl (C=O) groups excluding carboxylic acids is 4. The molecule has 1 aromatic carbocycles. The Hall–Kier alpha value is -3.73. The van der Waals surface area contributed by atoms with Crippen LogP contribution in [0.15, 0.2) is 24.3 Å². The number of nitrogens with zero attached hydrogens (tertiary/aromatic N) is 1. The number of thiophene rings is 1. The van der Waals surface area contributed by atoms with Crippen LogP contribution < -0.4 is 16.4 Å². The summed E-state index contributed by atoms with van der Waals surface area (Å²) in [6, 6.07) is 7.20. The lowest BCUT2D eigenvalue weighted by molar-refractivity contribution is -0.147. The molecule has 0 saturated heterocycles. The van der Waals surface area contributed by atoms with Crippen LogP contribution in [-0.2, 0) is 27.2 Å². The van der Waals surface area contributed by atoms with E-state index in [2.05, 4.69) is 20.8 Å². The third kappa shape index (κ3) is 4.47. The Morgan fingerprint density at radius 1 is 1.19 bits per heavy atom. The van der Waals surface area contributed by atoms with Crippen molar-refractivity contribution in [3.63, 3.8) is 0 Å². The minimum atomic E-state index is -0.642. The van der Waals surface area contributed by atoms with Crippen LogP contribution in [0.2, 0.25) is 0 Å². The van der Waals surface area contributed by atoms with Crippen molar-refractivity contribution in [2.24, 2.45) is 5.73 Å². The number of anilines is 1. The molecule has 32 heavy (non-hydrogen) atoms. The predicted octanol–water partition coefficient (Wildman–Crippen LogP) is 1.51. The first kappa shape index (κ1) is 21.5. The lowest BCUT2D eigenvalue weighted by Crippen LogP contribution is -2.28. The number of amides is 3. The molecule has 1 aliphatic carbocycles. The first-order valence-corrected chi connectivity index (χ1v) is 10.9. The molecule has 4 rings (SSSR count). The van der Waals surface area contributed by atoms with Gasteiger partial charge in [0.25, 0.3) is 17.7 Å². The van der Waals surface area contributed by atoms with Crippen LogP contribution in [0, 0.1) is 0 Å². The number of aryl methyl sites for hydroxylation is 1. The summed E-state index contributed by atoms with van der Waals surface area (Å²) in [6.07, 6.45) is 2.46. The van der Waals surface area contributed by atoms with Crippen LogP contribution in [0.1, 0.15) is 44.1 Å². The Morgan fingerprint density at radius 2 is 2.00 bits per heavy atom. The molecule has 0 spiro atoms. The smallest absolute Gasteiger partial charge is 0.308 e. The number of hydrogen-bond acceptors (Lipinski definition) is 7. The van der Waals surface area contributed by atoms with E-state index in [-0.39, 0.29) is 18.7 Å². The molecule has 3 amide bonds. The molecule has 1 aliphatic rings. The van der Waals surface area contributed by atoms with E-state index < -0.39 is 30.3 Å². The van der Waals surface area contributed by atoms with E-state index in [0.717, 1.165) is 35.2 Å². The number of aromatic amines is 1. The SMILES string of the molecule is NC(=O)c1c(NC(=O)COC(=O)CCNC(=O)c2n[nH]c3ccccc23)sc2c1CCC2. The van der Waals surface area contributed by atoms with Gasteiger partial charge in [0.1, 0.15) is 5.00 Å². The third-order valence-electron chi connectivity index (χ3n) is 5.09. The number of H-pyrrole nitrogens is 1. The van der Waals surface area contributed by atoms with Crippen LogP contribution in [0.3, 0.4) is 0 Å². The highest BCUT2D eigenvalue weighted by Crippen LogP contribution is 2.38. The van der Waals surface area contributed by atoms with E-state index in [1.165, 1.54) is 11.3 Å². The fourth-order valence-corrected chi connectivity index (χ4v) is 4.94. The summed E-state index contributed by atoms with van der Waals surface area (Å²) in [6.45, 7) is -0.471. The second kappa shape index (κ2) is 9.18. The zero-order valence-corrected chi connectivity index (χ0v) is 17.8. The number of primary amides is 1. The molecule has 3 aromatic rings. The zero-order valence-electron chi connectivity index (χ0n) is 17.0. The lowest BCUT2D eigenvalue weighted by atomic mass is 10.1. The van der Waals surface area contributed by atoms with Gasteiger partial charge in [-0.3, -0.25) is 24.3 Å². The summed E-state index contributed by atoms with van der Waals surface area (Å²) in [7, 11) is 0. The van der Waals surface area contributed by atoms with Crippen LogP contribution >= 0.6 is 11.3 Å². The molecule has 2 aromatic heterocycles. The number of benzene rings is 1. The van der Waals surface area contributed by atoms with Crippen molar-refractivity contribution in [2.75, 3.05) is 18.5 Å². The highest BCUT2D eigenvalue weighted by molar-refractivity contribution is 7.17. The van der Waals surface area contributed by atoms with Crippen LogP contribution in [0.4, 0.5) is 5.00 Å². The molecule has 0 aliphatic heterocycles. The van der Waals surface area contributed by atoms with Gasteiger partial charge in [-0.05, 0) is 30.9 Å². The number of carbonyl (C=O) groups is 4. The van der Waals surface area contributed by atoms with E-state index in [0.29, 0.717) is 16.0 Å². The number of aromatic nitrogens is 2. The van der Waals surface area contributed by atoms with E-state index in [9.17, 15) is 19.2 Å². The van der Waals surface area contributed by atoms with Gasteiger partial charge in [0.05, 0.1) is 17.5 Å². The summed E-state index contributed by atoms with van der Waals surface area (Å²) in [5.41, 5.74) is 7.68. The molecule has 0 bridgehead atoms. The van der Waals surface area contributed by atoms with Gasteiger partial charge >= 0.3 is 5.97 Å². The molecule has 0 radical (unpaired) electrons. The number of para-hydroxylation sites is 1. The number of esters is 1. The number of hydrogen-bond donors (Lipinski definition) is 4. The molecular weight excluding hydrogens is 434 g/mol. The van der Waals surface area contributed by atoms with Gasteiger partial charge in [-0.1, -0.05) is 18.2 Å². The predicted molar refractivity (Wildman–Crippen MR) is 117 cm³/mol. The summed E-state index contributed by atoms with van der Waals surface area (Å²) < 4.78 is 4.96. The van der Waals surface area contributed by atoms with E-state index in [1.54, 1.807) is 18.2 Å². The highest BCUT2D eigenvalue weighted by Gasteiger charge is 2.26. The van der Waals surface area contributed by atoms with Crippen molar-refractivity contribution < 1.29 is 23.9 Å². The number of fused-ring (bicyclic) bond motifs is 2. The third-order valence-corrected chi connectivity index (χ3v) is 6.29. The Kier molecular flexibility index (Phi) is 6.17. The fraction of sp³-hybridized carbons (Fsp3) is 0.286. The van der Waals surface area contributed by atoms with Gasteiger partial charge in [0.15, 0.2) is 12.3 Å². The van der Waals surface area contributed by atoms with E-state index in [4.69, 9.17) is 10.5 Å². The van der Waals surface area contributed by atoms with Crippen molar-refractivity contribution in [2.45, 2.75) is 25.7 Å². The molecule has 0 atom stereocenters. The van der Waals surface area contributed by atoms with Crippen LogP contribution in [0.5, 0.6) is 0 Å². The molecule has 11 heteroatoms. The van der Waals surface area contributed by atoms with Crippen molar-refractivity contribution in [3.05, 3.63) is 46.0 Å². The summed E-state index contributed by atoms with van der Waals surface area (Å²) >= 11 is 1.33. The van der Waals surface area contributed by atoms with E-state index in [1.807, 2.05) is 6.07 Å². The minimum Gasteiger partial charge on any atom is -0.456 e. The summed E-state index contributed by atoms with van der Waals surface area (Å²) in [4.78, 5) is 49.2. The quantitative estimate of drug-likeness (QED) is 0.377. The Morgan fingerprint density at radius 3 is 2.81 bits per heavy atom. The number of nitrogens with one attached hydrogen (secondary N) is 3. The van der Waals surface area contributed by atoms with E-state index >= 15 is 0 Å². The first-order valence-electron chi connectivity index (χ1n) is 10.0.